The van der Waals surface area contributed by atoms with Crippen LogP contribution in [0.4, 0.5) is 0 Å². The Morgan fingerprint density at radius 3 is 3.00 bits per heavy atom. The Balaban J connectivity index is 1.64. The maximum atomic E-state index is 12.6. The highest BCUT2D eigenvalue weighted by Crippen LogP contribution is 2.31. The second-order valence-electron chi connectivity index (χ2n) is 7.07. The first-order valence-electron chi connectivity index (χ1n) is 9.67. The van der Waals surface area contributed by atoms with Crippen LogP contribution in [0.25, 0.3) is 10.9 Å². The topological polar surface area (TPSA) is 58.2 Å². The minimum Gasteiger partial charge on any atom is -0.494 e. The maximum absolute atomic E-state index is 12.6. The number of hydrogen-bond donors (Lipinski definition) is 1. The molecule has 3 aromatic rings. The Hall–Kier alpha value is -2.66. The number of H-pyrrole nitrogens is 1. The molecule has 5 nitrogen and oxygen atoms in total. The standard InChI is InChI=1S/C22H25N3O2/c1-2-27-19-8-9-20-17(13-19)12-18(22(26)24-20)15-25-11-4-3-7-21(25)16-6-5-10-23-14-16/h5-6,8-10,12-14,21H,2-4,7,11,15H2,1H3,(H,24,26). The van der Waals surface area contributed by atoms with E-state index in [1.807, 2.05) is 43.5 Å². The van der Waals surface area contributed by atoms with E-state index in [0.717, 1.165) is 41.6 Å². The van der Waals surface area contributed by atoms with Crippen LogP contribution in [0.3, 0.4) is 0 Å². The minimum atomic E-state index is -0.0119. The van der Waals surface area contributed by atoms with E-state index in [0.29, 0.717) is 19.2 Å². The second kappa shape index (κ2) is 7.92. The van der Waals surface area contributed by atoms with Gasteiger partial charge in [-0.3, -0.25) is 14.7 Å². The molecule has 1 fully saturated rings. The van der Waals surface area contributed by atoms with E-state index in [9.17, 15) is 4.79 Å². The predicted octanol–water partition coefficient (Wildman–Crippen LogP) is 4.05. The van der Waals surface area contributed by atoms with Gasteiger partial charge in [0.25, 0.3) is 5.56 Å². The molecule has 3 heterocycles. The smallest absolute Gasteiger partial charge is 0.252 e. The molecule has 4 rings (SSSR count). The van der Waals surface area contributed by atoms with E-state index in [4.69, 9.17) is 4.74 Å². The SMILES string of the molecule is CCOc1ccc2[nH]c(=O)c(CN3CCCCC3c3cccnc3)cc2c1. The number of nitrogens with one attached hydrogen (secondary N) is 1. The quantitative estimate of drug-likeness (QED) is 0.743. The third kappa shape index (κ3) is 3.88. The van der Waals surface area contributed by atoms with E-state index in [1.165, 1.54) is 12.0 Å². The average molecular weight is 363 g/mol. The molecule has 0 spiro atoms. The zero-order chi connectivity index (χ0) is 18.6. The fourth-order valence-electron chi connectivity index (χ4n) is 3.95. The van der Waals surface area contributed by atoms with E-state index in [-0.39, 0.29) is 5.56 Å². The van der Waals surface area contributed by atoms with Gasteiger partial charge in [0.1, 0.15) is 5.75 Å². The highest BCUT2D eigenvalue weighted by atomic mass is 16.5. The van der Waals surface area contributed by atoms with Gasteiger partial charge >= 0.3 is 0 Å². The van der Waals surface area contributed by atoms with Crippen LogP contribution in [-0.4, -0.2) is 28.0 Å². The molecule has 0 saturated carbocycles. The summed E-state index contributed by atoms with van der Waals surface area (Å²) >= 11 is 0. The van der Waals surface area contributed by atoms with E-state index in [2.05, 4.69) is 20.9 Å². The van der Waals surface area contributed by atoms with Crippen molar-refractivity contribution in [2.24, 2.45) is 0 Å². The number of nitrogens with zero attached hydrogens (tertiary/aromatic N) is 2. The van der Waals surface area contributed by atoms with Crippen LogP contribution in [0.1, 0.15) is 43.4 Å². The average Bonchev–Trinajstić information content (AvgIpc) is 2.70. The normalized spacial score (nSPS) is 17.9. The third-order valence-corrected chi connectivity index (χ3v) is 5.26. The summed E-state index contributed by atoms with van der Waals surface area (Å²) in [6.45, 7) is 4.24. The van der Waals surface area contributed by atoms with Crippen molar-refractivity contribution in [3.05, 3.63) is 70.3 Å². The third-order valence-electron chi connectivity index (χ3n) is 5.26. The van der Waals surface area contributed by atoms with E-state index >= 15 is 0 Å². The summed E-state index contributed by atoms with van der Waals surface area (Å²) in [7, 11) is 0. The summed E-state index contributed by atoms with van der Waals surface area (Å²) in [5.74, 6) is 0.828. The Bertz CT molecular complexity index is 968. The number of aromatic nitrogens is 2. The largest absolute Gasteiger partial charge is 0.494 e. The number of benzene rings is 1. The van der Waals surface area contributed by atoms with Gasteiger partial charge in [0.2, 0.25) is 0 Å². The molecule has 0 amide bonds. The first-order valence-corrected chi connectivity index (χ1v) is 9.67. The van der Waals surface area contributed by atoms with Crippen LogP contribution >= 0.6 is 0 Å². The lowest BCUT2D eigenvalue weighted by Crippen LogP contribution is -2.34. The summed E-state index contributed by atoms with van der Waals surface area (Å²) in [5, 5.41) is 1.01. The predicted molar refractivity (Wildman–Crippen MR) is 107 cm³/mol. The molecule has 1 aromatic carbocycles. The summed E-state index contributed by atoms with van der Waals surface area (Å²) in [6, 6.07) is 12.2. The lowest BCUT2D eigenvalue weighted by atomic mass is 9.96. The maximum Gasteiger partial charge on any atom is 0.252 e. The molecule has 0 bridgehead atoms. The van der Waals surface area contributed by atoms with Crippen LogP contribution in [0.2, 0.25) is 0 Å². The van der Waals surface area contributed by atoms with Gasteiger partial charge in [-0.05, 0) is 62.2 Å². The molecule has 2 aromatic heterocycles. The van der Waals surface area contributed by atoms with E-state index < -0.39 is 0 Å². The number of fused-ring (bicyclic) bond motifs is 1. The first-order chi connectivity index (χ1) is 13.2. The molecule has 1 aliphatic rings. The fraction of sp³-hybridized carbons (Fsp3) is 0.364. The molecule has 140 valence electrons. The number of likely N-dealkylation sites (tertiary alicyclic amines) is 1. The molecule has 1 atom stereocenters. The van der Waals surface area contributed by atoms with Gasteiger partial charge < -0.3 is 9.72 Å². The minimum absolute atomic E-state index is 0.0119. The number of pyridine rings is 2. The number of rotatable bonds is 5. The van der Waals surface area contributed by atoms with Crippen molar-refractivity contribution in [2.45, 2.75) is 38.8 Å². The van der Waals surface area contributed by atoms with Crippen molar-refractivity contribution >= 4 is 10.9 Å². The zero-order valence-electron chi connectivity index (χ0n) is 15.6. The van der Waals surface area contributed by atoms with Crippen LogP contribution in [0.5, 0.6) is 5.75 Å². The zero-order valence-corrected chi connectivity index (χ0v) is 15.6. The summed E-state index contributed by atoms with van der Waals surface area (Å²) in [6.07, 6.45) is 7.23. The highest BCUT2D eigenvalue weighted by Gasteiger charge is 2.24. The second-order valence-corrected chi connectivity index (χ2v) is 7.07. The number of ether oxygens (including phenoxy) is 1. The van der Waals surface area contributed by atoms with Gasteiger partial charge in [-0.25, -0.2) is 0 Å². The fourth-order valence-corrected chi connectivity index (χ4v) is 3.95. The molecule has 1 aliphatic heterocycles. The van der Waals surface area contributed by atoms with Gasteiger partial charge in [0.15, 0.2) is 0 Å². The Morgan fingerprint density at radius 1 is 1.26 bits per heavy atom. The van der Waals surface area contributed by atoms with E-state index in [1.54, 1.807) is 6.20 Å². The van der Waals surface area contributed by atoms with Crippen LogP contribution in [0.15, 0.2) is 53.6 Å². The molecule has 1 N–H and O–H groups in total. The van der Waals surface area contributed by atoms with Crippen molar-refractivity contribution in [1.82, 2.24) is 14.9 Å². The van der Waals surface area contributed by atoms with Gasteiger partial charge in [0.05, 0.1) is 6.61 Å². The van der Waals surface area contributed by atoms with Crippen molar-refractivity contribution < 1.29 is 4.74 Å². The summed E-state index contributed by atoms with van der Waals surface area (Å²) in [4.78, 5) is 22.3. The van der Waals surface area contributed by atoms with Crippen LogP contribution in [-0.2, 0) is 6.54 Å². The molecular weight excluding hydrogens is 338 g/mol. The summed E-state index contributed by atoms with van der Waals surface area (Å²) in [5.41, 5.74) is 2.86. The Morgan fingerprint density at radius 2 is 2.19 bits per heavy atom. The number of aromatic amines is 1. The van der Waals surface area contributed by atoms with Gasteiger partial charge in [-0.2, -0.15) is 0 Å². The lowest BCUT2D eigenvalue weighted by molar-refractivity contribution is 0.139. The first kappa shape index (κ1) is 17.7. The molecule has 27 heavy (non-hydrogen) atoms. The molecular formula is C22H25N3O2. The highest BCUT2D eigenvalue weighted by molar-refractivity contribution is 5.80. The molecule has 0 radical (unpaired) electrons. The molecule has 0 aliphatic carbocycles. The van der Waals surface area contributed by atoms with Crippen LogP contribution in [0, 0.1) is 0 Å². The van der Waals surface area contributed by atoms with Gasteiger partial charge in [0, 0.05) is 41.4 Å². The lowest BCUT2D eigenvalue weighted by Gasteiger charge is -2.35. The summed E-state index contributed by atoms with van der Waals surface area (Å²) < 4.78 is 5.60. The van der Waals surface area contributed by atoms with Crippen molar-refractivity contribution in [2.75, 3.05) is 13.2 Å². The van der Waals surface area contributed by atoms with Crippen molar-refractivity contribution in [3.8, 4) is 5.75 Å². The Kier molecular flexibility index (Phi) is 5.21. The monoisotopic (exact) mass is 363 g/mol. The molecule has 5 heteroatoms. The molecule has 1 unspecified atom stereocenters. The molecule has 1 saturated heterocycles. The Labute approximate surface area is 159 Å². The van der Waals surface area contributed by atoms with Crippen molar-refractivity contribution in [1.29, 1.82) is 0 Å². The van der Waals surface area contributed by atoms with Gasteiger partial charge in [-0.1, -0.05) is 12.5 Å². The number of piperidine rings is 1. The number of hydrogen-bond acceptors (Lipinski definition) is 4. The van der Waals surface area contributed by atoms with Crippen LogP contribution < -0.4 is 10.3 Å². The van der Waals surface area contributed by atoms with Gasteiger partial charge in [-0.15, -0.1) is 0 Å². The van der Waals surface area contributed by atoms with Crippen molar-refractivity contribution in [3.63, 3.8) is 0 Å².